The number of piperidine rings is 1. The van der Waals surface area contributed by atoms with Crippen LogP contribution < -0.4 is 4.74 Å². The highest BCUT2D eigenvalue weighted by molar-refractivity contribution is 5.74. The predicted molar refractivity (Wildman–Crippen MR) is 73.2 cm³/mol. The molecule has 1 N–H and O–H groups in total. The van der Waals surface area contributed by atoms with Crippen LogP contribution in [0.1, 0.15) is 25.3 Å². The summed E-state index contributed by atoms with van der Waals surface area (Å²) in [5.74, 6) is 0.192. The lowest BCUT2D eigenvalue weighted by Crippen LogP contribution is -2.42. The smallest absolute Gasteiger partial charge is 0.309 e. The lowest BCUT2D eigenvalue weighted by Gasteiger charge is -2.36. The van der Waals surface area contributed by atoms with Crippen molar-refractivity contribution in [1.29, 1.82) is 0 Å². The average Bonchev–Trinajstić information content (AvgIpc) is 2.42. The third-order valence-corrected chi connectivity index (χ3v) is 4.04. The van der Waals surface area contributed by atoms with Crippen molar-refractivity contribution in [3.05, 3.63) is 29.8 Å². The first-order valence-electron chi connectivity index (χ1n) is 6.62. The number of carboxylic acid groups (broad SMARTS) is 1. The Balaban J connectivity index is 1.90. The highest BCUT2D eigenvalue weighted by Crippen LogP contribution is 2.31. The molecule has 1 aromatic rings. The van der Waals surface area contributed by atoms with Crippen molar-refractivity contribution in [3.8, 4) is 5.75 Å². The maximum Gasteiger partial charge on any atom is 0.309 e. The maximum absolute atomic E-state index is 11.2. The Kier molecular flexibility index (Phi) is 4.10. The summed E-state index contributed by atoms with van der Waals surface area (Å²) >= 11 is 0. The van der Waals surface area contributed by atoms with E-state index in [1.807, 2.05) is 19.1 Å². The van der Waals surface area contributed by atoms with Crippen LogP contribution in [0.4, 0.5) is 0 Å². The molecule has 0 spiro atoms. The van der Waals surface area contributed by atoms with Crippen molar-refractivity contribution in [3.63, 3.8) is 0 Å². The summed E-state index contributed by atoms with van der Waals surface area (Å²) in [5.41, 5.74) is 0.691. The molecule has 1 fully saturated rings. The van der Waals surface area contributed by atoms with Crippen LogP contribution in [0.2, 0.25) is 0 Å². The molecule has 0 aromatic heterocycles. The normalized spacial score (nSPS) is 19.1. The van der Waals surface area contributed by atoms with Crippen LogP contribution in [-0.4, -0.2) is 36.2 Å². The standard InChI is InChI=1S/C15H21NO3/c1-15(14(17)18)7-9-16(10-8-15)11-12-3-5-13(19-2)6-4-12/h3-6H,7-11H2,1-2H3,(H,17,18). The molecular formula is C15H21NO3. The number of benzene rings is 1. The van der Waals surface area contributed by atoms with Crippen molar-refractivity contribution in [1.82, 2.24) is 4.90 Å². The molecule has 0 saturated carbocycles. The van der Waals surface area contributed by atoms with Gasteiger partial charge in [0.1, 0.15) is 5.75 Å². The van der Waals surface area contributed by atoms with Crippen molar-refractivity contribution in [2.75, 3.05) is 20.2 Å². The van der Waals surface area contributed by atoms with Gasteiger partial charge in [-0.25, -0.2) is 0 Å². The molecule has 0 radical (unpaired) electrons. The zero-order valence-corrected chi connectivity index (χ0v) is 11.6. The van der Waals surface area contributed by atoms with Gasteiger partial charge in [-0.3, -0.25) is 9.69 Å². The highest BCUT2D eigenvalue weighted by Gasteiger charge is 2.36. The van der Waals surface area contributed by atoms with E-state index < -0.39 is 11.4 Å². The first kappa shape index (κ1) is 13.9. The van der Waals surface area contributed by atoms with E-state index in [4.69, 9.17) is 4.74 Å². The van der Waals surface area contributed by atoms with Crippen LogP contribution in [-0.2, 0) is 11.3 Å². The monoisotopic (exact) mass is 263 g/mol. The van der Waals surface area contributed by atoms with E-state index in [1.54, 1.807) is 7.11 Å². The van der Waals surface area contributed by atoms with E-state index in [1.165, 1.54) is 5.56 Å². The fraction of sp³-hybridized carbons (Fsp3) is 0.533. The van der Waals surface area contributed by atoms with Crippen LogP contribution in [0.25, 0.3) is 0 Å². The molecule has 1 heterocycles. The molecule has 0 atom stereocenters. The number of nitrogens with zero attached hydrogens (tertiary/aromatic N) is 1. The SMILES string of the molecule is COc1ccc(CN2CCC(C)(C(=O)O)CC2)cc1. The van der Waals surface area contributed by atoms with Crippen LogP contribution >= 0.6 is 0 Å². The molecule has 1 aliphatic heterocycles. The van der Waals surface area contributed by atoms with Gasteiger partial charge in [0.25, 0.3) is 0 Å². The van der Waals surface area contributed by atoms with E-state index in [0.717, 1.165) is 38.2 Å². The molecule has 0 bridgehead atoms. The van der Waals surface area contributed by atoms with Gasteiger partial charge in [-0.2, -0.15) is 0 Å². The predicted octanol–water partition coefficient (Wildman–Crippen LogP) is 2.38. The van der Waals surface area contributed by atoms with Gasteiger partial charge in [-0.05, 0) is 50.6 Å². The van der Waals surface area contributed by atoms with Gasteiger partial charge < -0.3 is 9.84 Å². The Morgan fingerprint density at radius 1 is 1.32 bits per heavy atom. The Morgan fingerprint density at radius 2 is 1.89 bits per heavy atom. The number of likely N-dealkylation sites (tertiary alicyclic amines) is 1. The Labute approximate surface area is 114 Å². The van der Waals surface area contributed by atoms with Crippen LogP contribution in [0.15, 0.2) is 24.3 Å². The number of carboxylic acids is 1. The van der Waals surface area contributed by atoms with E-state index >= 15 is 0 Å². The van der Waals surface area contributed by atoms with Gasteiger partial charge in [0, 0.05) is 6.54 Å². The van der Waals surface area contributed by atoms with Gasteiger partial charge in [-0.1, -0.05) is 12.1 Å². The summed E-state index contributed by atoms with van der Waals surface area (Å²) in [5, 5.41) is 9.20. The van der Waals surface area contributed by atoms with Crippen LogP contribution in [0.3, 0.4) is 0 Å². The quantitative estimate of drug-likeness (QED) is 0.906. The molecule has 19 heavy (non-hydrogen) atoms. The summed E-state index contributed by atoms with van der Waals surface area (Å²) in [6, 6.07) is 8.04. The van der Waals surface area contributed by atoms with Gasteiger partial charge in [0.2, 0.25) is 0 Å². The number of aliphatic carboxylic acids is 1. The van der Waals surface area contributed by atoms with Gasteiger partial charge in [0.15, 0.2) is 0 Å². The molecule has 0 unspecified atom stereocenters. The second-order valence-corrected chi connectivity index (χ2v) is 5.49. The minimum atomic E-state index is -0.670. The summed E-state index contributed by atoms with van der Waals surface area (Å²) in [4.78, 5) is 13.5. The summed E-state index contributed by atoms with van der Waals surface area (Å²) < 4.78 is 5.13. The molecule has 0 aliphatic carbocycles. The largest absolute Gasteiger partial charge is 0.497 e. The zero-order chi connectivity index (χ0) is 13.9. The zero-order valence-electron chi connectivity index (χ0n) is 11.6. The molecular weight excluding hydrogens is 242 g/mol. The average molecular weight is 263 g/mol. The first-order chi connectivity index (χ1) is 9.03. The molecule has 1 aromatic carbocycles. The molecule has 1 saturated heterocycles. The van der Waals surface area contributed by atoms with E-state index in [-0.39, 0.29) is 0 Å². The minimum absolute atomic E-state index is 0.545. The number of hydrogen-bond donors (Lipinski definition) is 1. The van der Waals surface area contributed by atoms with Crippen molar-refractivity contribution in [2.45, 2.75) is 26.3 Å². The van der Waals surface area contributed by atoms with E-state index in [9.17, 15) is 9.90 Å². The van der Waals surface area contributed by atoms with Gasteiger partial charge in [0.05, 0.1) is 12.5 Å². The van der Waals surface area contributed by atoms with Crippen molar-refractivity contribution < 1.29 is 14.6 Å². The molecule has 0 amide bonds. The fourth-order valence-electron chi connectivity index (χ4n) is 2.41. The number of ether oxygens (including phenoxy) is 1. The van der Waals surface area contributed by atoms with Crippen molar-refractivity contribution >= 4 is 5.97 Å². The van der Waals surface area contributed by atoms with E-state index in [2.05, 4.69) is 17.0 Å². The van der Waals surface area contributed by atoms with Gasteiger partial charge >= 0.3 is 5.97 Å². The molecule has 104 valence electrons. The number of methoxy groups -OCH3 is 1. The minimum Gasteiger partial charge on any atom is -0.497 e. The topological polar surface area (TPSA) is 49.8 Å². The Bertz CT molecular complexity index is 433. The second kappa shape index (κ2) is 5.61. The third-order valence-electron chi connectivity index (χ3n) is 4.04. The Morgan fingerprint density at radius 3 is 2.37 bits per heavy atom. The van der Waals surface area contributed by atoms with Crippen LogP contribution in [0, 0.1) is 5.41 Å². The third kappa shape index (κ3) is 3.26. The molecule has 1 aliphatic rings. The molecule has 2 rings (SSSR count). The summed E-state index contributed by atoms with van der Waals surface area (Å²) in [6.07, 6.45) is 1.44. The van der Waals surface area contributed by atoms with Crippen LogP contribution in [0.5, 0.6) is 5.75 Å². The van der Waals surface area contributed by atoms with Crippen molar-refractivity contribution in [2.24, 2.45) is 5.41 Å². The Hall–Kier alpha value is -1.55. The maximum atomic E-state index is 11.2. The number of hydrogen-bond acceptors (Lipinski definition) is 3. The lowest BCUT2D eigenvalue weighted by molar-refractivity contribution is -0.150. The summed E-state index contributed by atoms with van der Waals surface area (Å²) in [7, 11) is 1.66. The second-order valence-electron chi connectivity index (χ2n) is 5.49. The number of carbonyl (C=O) groups is 1. The first-order valence-corrected chi connectivity index (χ1v) is 6.62. The lowest BCUT2D eigenvalue weighted by atomic mass is 9.80. The summed E-state index contributed by atoms with van der Waals surface area (Å²) in [6.45, 7) is 4.41. The number of rotatable bonds is 4. The highest BCUT2D eigenvalue weighted by atomic mass is 16.5. The van der Waals surface area contributed by atoms with E-state index in [0.29, 0.717) is 0 Å². The van der Waals surface area contributed by atoms with Gasteiger partial charge in [-0.15, -0.1) is 0 Å². The molecule has 4 heteroatoms. The molecule has 4 nitrogen and oxygen atoms in total. The fourth-order valence-corrected chi connectivity index (χ4v) is 2.41.